The molecule has 0 aromatic heterocycles. The largest absolute Gasteiger partial charge is 0.376 e. The summed E-state index contributed by atoms with van der Waals surface area (Å²) in [5, 5.41) is 13.9. The van der Waals surface area contributed by atoms with Crippen LogP contribution < -0.4 is 21.5 Å². The van der Waals surface area contributed by atoms with Gasteiger partial charge in [0.1, 0.15) is 0 Å². The molecule has 0 heterocycles. The number of hydrogen-bond acceptors (Lipinski definition) is 6. The van der Waals surface area contributed by atoms with Gasteiger partial charge in [0.15, 0.2) is 0 Å². The lowest BCUT2D eigenvalue weighted by atomic mass is 10.2. The molecule has 3 aromatic rings. The van der Waals surface area contributed by atoms with Gasteiger partial charge >= 0.3 is 0 Å². The molecule has 2 amide bonds. The monoisotopic (exact) mass is 428 g/mol. The first-order valence-electron chi connectivity index (χ1n) is 10.0. The zero-order valence-electron chi connectivity index (χ0n) is 17.4. The number of amides is 2. The van der Waals surface area contributed by atoms with E-state index in [4.69, 9.17) is 0 Å². The standard InChI is InChI=1S/C24H24N6O2/c31-23(17-25-21-7-3-1-4-8-21)29-27-15-19-11-13-20(14-12-19)16-28-30-24(32)18-26-22-9-5-2-6-10-22/h1-16,25-26H,17-18H2,(H,29,31)(H,30,32)/b27-15+,28-16+. The van der Waals surface area contributed by atoms with Crippen molar-refractivity contribution in [3.63, 3.8) is 0 Å². The van der Waals surface area contributed by atoms with Gasteiger partial charge in [-0.15, -0.1) is 0 Å². The maximum absolute atomic E-state index is 11.8. The summed E-state index contributed by atoms with van der Waals surface area (Å²) in [6, 6.07) is 26.3. The number of para-hydroxylation sites is 2. The molecule has 8 nitrogen and oxygen atoms in total. The van der Waals surface area contributed by atoms with E-state index < -0.39 is 0 Å². The van der Waals surface area contributed by atoms with Crippen LogP contribution in [0.5, 0.6) is 0 Å². The minimum absolute atomic E-state index is 0.128. The number of anilines is 2. The maximum atomic E-state index is 11.8. The van der Waals surface area contributed by atoms with Crippen molar-refractivity contribution in [2.24, 2.45) is 10.2 Å². The highest BCUT2D eigenvalue weighted by Crippen LogP contribution is 2.04. The van der Waals surface area contributed by atoms with Crippen LogP contribution in [-0.2, 0) is 9.59 Å². The van der Waals surface area contributed by atoms with Gasteiger partial charge in [0.05, 0.1) is 25.5 Å². The molecule has 8 heteroatoms. The van der Waals surface area contributed by atoms with Gasteiger partial charge in [-0.2, -0.15) is 10.2 Å². The van der Waals surface area contributed by atoms with Crippen molar-refractivity contribution < 1.29 is 9.59 Å². The molecule has 0 aliphatic rings. The van der Waals surface area contributed by atoms with Crippen molar-refractivity contribution in [2.75, 3.05) is 23.7 Å². The first kappa shape index (κ1) is 22.2. The normalized spacial score (nSPS) is 10.8. The molecule has 3 rings (SSSR count). The molecule has 0 aliphatic carbocycles. The molecule has 0 saturated heterocycles. The van der Waals surface area contributed by atoms with Crippen LogP contribution in [-0.4, -0.2) is 37.3 Å². The number of benzene rings is 3. The zero-order valence-corrected chi connectivity index (χ0v) is 17.4. The van der Waals surface area contributed by atoms with Crippen LogP contribution in [0.2, 0.25) is 0 Å². The Balaban J connectivity index is 1.36. The molecule has 0 spiro atoms. The number of carbonyl (C=O) groups excluding carboxylic acids is 2. The quantitative estimate of drug-likeness (QED) is 0.294. The van der Waals surface area contributed by atoms with Gasteiger partial charge in [-0.1, -0.05) is 60.7 Å². The first-order chi connectivity index (χ1) is 15.7. The Bertz CT molecular complexity index is 964. The Kier molecular flexibility index (Phi) is 8.53. The van der Waals surface area contributed by atoms with Crippen LogP contribution in [0.25, 0.3) is 0 Å². The number of nitrogens with one attached hydrogen (secondary N) is 4. The highest BCUT2D eigenvalue weighted by atomic mass is 16.2. The molecule has 32 heavy (non-hydrogen) atoms. The lowest BCUT2D eigenvalue weighted by molar-refractivity contribution is -0.120. The molecule has 3 aromatic carbocycles. The molecule has 0 fully saturated rings. The predicted octanol–water partition coefficient (Wildman–Crippen LogP) is 2.81. The van der Waals surface area contributed by atoms with Gasteiger partial charge in [-0.25, -0.2) is 10.9 Å². The van der Waals surface area contributed by atoms with Gasteiger partial charge in [0.25, 0.3) is 11.8 Å². The van der Waals surface area contributed by atoms with E-state index in [2.05, 4.69) is 31.7 Å². The number of carbonyl (C=O) groups is 2. The smallest absolute Gasteiger partial charge is 0.259 e. The van der Waals surface area contributed by atoms with Gasteiger partial charge < -0.3 is 10.6 Å². The summed E-state index contributed by atoms with van der Waals surface area (Å²) in [5.74, 6) is -0.488. The summed E-state index contributed by atoms with van der Waals surface area (Å²) < 4.78 is 0. The lowest BCUT2D eigenvalue weighted by Crippen LogP contribution is -2.25. The van der Waals surface area contributed by atoms with Gasteiger partial charge in [-0.05, 0) is 35.4 Å². The summed E-state index contributed by atoms with van der Waals surface area (Å²) in [5.41, 5.74) is 8.31. The van der Waals surface area contributed by atoms with Crippen molar-refractivity contribution >= 4 is 35.6 Å². The molecular weight excluding hydrogens is 404 g/mol. The van der Waals surface area contributed by atoms with Crippen LogP contribution in [0.1, 0.15) is 11.1 Å². The Morgan fingerprint density at radius 2 is 0.969 bits per heavy atom. The Morgan fingerprint density at radius 1 is 0.594 bits per heavy atom. The Morgan fingerprint density at radius 3 is 1.34 bits per heavy atom. The van der Waals surface area contributed by atoms with E-state index in [0.717, 1.165) is 22.5 Å². The van der Waals surface area contributed by atoms with Crippen molar-refractivity contribution in [1.29, 1.82) is 0 Å². The fourth-order valence-corrected chi connectivity index (χ4v) is 2.58. The van der Waals surface area contributed by atoms with Crippen LogP contribution in [0.3, 0.4) is 0 Å². The summed E-state index contributed by atoms with van der Waals surface area (Å²) >= 11 is 0. The van der Waals surface area contributed by atoms with Crippen molar-refractivity contribution in [3.05, 3.63) is 96.1 Å². The summed E-state index contributed by atoms with van der Waals surface area (Å²) in [6.45, 7) is 0.257. The summed E-state index contributed by atoms with van der Waals surface area (Å²) in [6.07, 6.45) is 3.11. The molecule has 4 N–H and O–H groups in total. The molecule has 0 saturated carbocycles. The number of hydrogen-bond donors (Lipinski definition) is 4. The highest BCUT2D eigenvalue weighted by molar-refractivity contribution is 5.87. The average molecular weight is 428 g/mol. The number of hydrazone groups is 2. The fourth-order valence-electron chi connectivity index (χ4n) is 2.58. The Labute approximate surface area is 186 Å². The average Bonchev–Trinajstić information content (AvgIpc) is 2.84. The SMILES string of the molecule is O=C(CNc1ccccc1)N/N=C/c1ccc(/C=N/NC(=O)CNc2ccccc2)cc1. The topological polar surface area (TPSA) is 107 Å². The zero-order chi connectivity index (χ0) is 22.4. The van der Waals surface area contributed by atoms with Crippen LogP contribution in [0.4, 0.5) is 11.4 Å². The number of rotatable bonds is 10. The summed E-state index contributed by atoms with van der Waals surface area (Å²) in [7, 11) is 0. The maximum Gasteiger partial charge on any atom is 0.259 e. The van der Waals surface area contributed by atoms with Crippen LogP contribution in [0.15, 0.2) is 95.1 Å². The molecular formula is C24H24N6O2. The second kappa shape index (κ2) is 12.3. The van der Waals surface area contributed by atoms with Crippen molar-refractivity contribution in [2.45, 2.75) is 0 Å². The molecule has 0 radical (unpaired) electrons. The predicted molar refractivity (Wildman–Crippen MR) is 128 cm³/mol. The second-order valence-electron chi connectivity index (χ2n) is 6.69. The summed E-state index contributed by atoms with van der Waals surface area (Å²) in [4.78, 5) is 23.6. The van der Waals surface area contributed by atoms with E-state index >= 15 is 0 Å². The third-order valence-electron chi connectivity index (χ3n) is 4.20. The molecule has 0 bridgehead atoms. The van der Waals surface area contributed by atoms with E-state index in [0.29, 0.717) is 0 Å². The third-order valence-corrected chi connectivity index (χ3v) is 4.20. The van der Waals surface area contributed by atoms with Gasteiger partial charge in [0, 0.05) is 11.4 Å². The van der Waals surface area contributed by atoms with E-state index in [1.54, 1.807) is 12.4 Å². The minimum atomic E-state index is -0.244. The van der Waals surface area contributed by atoms with Gasteiger partial charge in [0.2, 0.25) is 0 Å². The van der Waals surface area contributed by atoms with E-state index in [1.165, 1.54) is 0 Å². The fraction of sp³-hybridized carbons (Fsp3) is 0.0833. The molecule has 162 valence electrons. The Hall–Kier alpha value is -4.46. The van der Waals surface area contributed by atoms with E-state index in [-0.39, 0.29) is 24.9 Å². The van der Waals surface area contributed by atoms with Crippen molar-refractivity contribution in [1.82, 2.24) is 10.9 Å². The molecule has 0 atom stereocenters. The van der Waals surface area contributed by atoms with Gasteiger partial charge in [-0.3, -0.25) is 9.59 Å². The first-order valence-corrected chi connectivity index (χ1v) is 10.0. The van der Waals surface area contributed by atoms with Crippen LogP contribution >= 0.6 is 0 Å². The third kappa shape index (κ3) is 8.11. The minimum Gasteiger partial charge on any atom is -0.376 e. The molecule has 0 aliphatic heterocycles. The number of nitrogens with zero attached hydrogens (tertiary/aromatic N) is 2. The van der Waals surface area contributed by atoms with E-state index in [9.17, 15) is 9.59 Å². The second-order valence-corrected chi connectivity index (χ2v) is 6.69. The lowest BCUT2D eigenvalue weighted by Gasteiger charge is -2.04. The van der Waals surface area contributed by atoms with E-state index in [1.807, 2.05) is 84.9 Å². The van der Waals surface area contributed by atoms with Crippen molar-refractivity contribution in [3.8, 4) is 0 Å². The van der Waals surface area contributed by atoms with Crippen LogP contribution in [0, 0.1) is 0 Å². The highest BCUT2D eigenvalue weighted by Gasteiger charge is 2.00. The molecule has 0 unspecified atom stereocenters.